The first-order valence-corrected chi connectivity index (χ1v) is 7.50. The van der Waals surface area contributed by atoms with Crippen molar-refractivity contribution in [1.82, 2.24) is 4.90 Å². The van der Waals surface area contributed by atoms with Gasteiger partial charge < -0.3 is 20.4 Å². The van der Waals surface area contributed by atoms with Gasteiger partial charge in [-0.05, 0) is 52.9 Å². The van der Waals surface area contributed by atoms with E-state index in [1.165, 1.54) is 12.1 Å². The largest absolute Gasteiger partial charge is 0.478 e. The number of carboxylic acids is 1. The first-order chi connectivity index (χ1) is 10.0. The molecule has 1 aromatic carbocycles. The molecule has 0 aromatic heterocycles. The second kappa shape index (κ2) is 6.91. The van der Waals surface area contributed by atoms with Crippen LogP contribution < -0.4 is 5.32 Å². The van der Waals surface area contributed by atoms with Crippen molar-refractivity contribution < 1.29 is 19.8 Å². The summed E-state index contributed by atoms with van der Waals surface area (Å²) in [6.45, 7) is 1.28. The molecular weight excluding hydrogens is 340 g/mol. The molecule has 21 heavy (non-hydrogen) atoms. The number of rotatable bonds is 3. The number of aromatic carboxylic acids is 1. The Labute approximate surface area is 130 Å². The monoisotopic (exact) mass is 356 g/mol. The quantitative estimate of drug-likeness (QED) is 0.775. The topological polar surface area (TPSA) is 89.9 Å². The molecule has 1 unspecified atom stereocenters. The van der Waals surface area contributed by atoms with Gasteiger partial charge in [-0.2, -0.15) is 0 Å². The van der Waals surface area contributed by atoms with Crippen molar-refractivity contribution >= 4 is 33.6 Å². The number of benzene rings is 1. The lowest BCUT2D eigenvalue weighted by Crippen LogP contribution is -2.43. The lowest BCUT2D eigenvalue weighted by Gasteiger charge is -2.31. The summed E-state index contributed by atoms with van der Waals surface area (Å²) in [5.74, 6) is -0.891. The standard InChI is InChI=1S/C14H17BrN2O4/c15-11-6-10(13(19)20)3-4-12(11)16-14(21)17-5-1-2-9(7-17)8-18/h3-4,6,9,18H,1-2,5,7-8H2,(H,16,21)(H,19,20). The van der Waals surface area contributed by atoms with Gasteiger partial charge in [0.25, 0.3) is 0 Å². The Kier molecular flexibility index (Phi) is 5.19. The average molecular weight is 357 g/mol. The normalized spacial score (nSPS) is 18.4. The number of nitrogens with one attached hydrogen (secondary N) is 1. The lowest BCUT2D eigenvalue weighted by molar-refractivity contribution is 0.0697. The van der Waals surface area contributed by atoms with Crippen LogP contribution in [0.5, 0.6) is 0 Å². The van der Waals surface area contributed by atoms with E-state index in [1.807, 2.05) is 0 Å². The molecule has 1 aliphatic heterocycles. The van der Waals surface area contributed by atoms with Crippen LogP contribution in [0.2, 0.25) is 0 Å². The first kappa shape index (κ1) is 15.8. The van der Waals surface area contributed by atoms with Crippen LogP contribution >= 0.6 is 15.9 Å². The number of carbonyl (C=O) groups excluding carboxylic acids is 1. The molecular formula is C14H17BrN2O4. The van der Waals surface area contributed by atoms with E-state index < -0.39 is 5.97 Å². The minimum Gasteiger partial charge on any atom is -0.478 e. The highest BCUT2D eigenvalue weighted by atomic mass is 79.9. The van der Waals surface area contributed by atoms with Crippen LogP contribution in [-0.4, -0.2) is 46.8 Å². The summed E-state index contributed by atoms with van der Waals surface area (Å²) in [7, 11) is 0. The summed E-state index contributed by atoms with van der Waals surface area (Å²) >= 11 is 3.26. The molecule has 2 amide bonds. The van der Waals surface area contributed by atoms with Crippen molar-refractivity contribution in [3.63, 3.8) is 0 Å². The molecule has 1 fully saturated rings. The highest BCUT2D eigenvalue weighted by molar-refractivity contribution is 9.10. The number of carboxylic acid groups (broad SMARTS) is 1. The van der Waals surface area contributed by atoms with Crippen molar-refractivity contribution in [2.75, 3.05) is 25.0 Å². The summed E-state index contributed by atoms with van der Waals surface area (Å²) in [6.07, 6.45) is 1.80. The van der Waals surface area contributed by atoms with E-state index >= 15 is 0 Å². The van der Waals surface area contributed by atoms with Crippen LogP contribution in [0.15, 0.2) is 22.7 Å². The number of piperidine rings is 1. The van der Waals surface area contributed by atoms with Crippen molar-refractivity contribution in [1.29, 1.82) is 0 Å². The Hall–Kier alpha value is -1.60. The number of likely N-dealkylation sites (tertiary alicyclic amines) is 1. The lowest BCUT2D eigenvalue weighted by atomic mass is 9.99. The van der Waals surface area contributed by atoms with E-state index in [9.17, 15) is 14.7 Å². The van der Waals surface area contributed by atoms with E-state index in [0.29, 0.717) is 23.2 Å². The molecule has 0 spiro atoms. The van der Waals surface area contributed by atoms with Gasteiger partial charge in [-0.1, -0.05) is 0 Å². The van der Waals surface area contributed by atoms with Gasteiger partial charge in [0.2, 0.25) is 0 Å². The Balaban J connectivity index is 2.04. The fraction of sp³-hybridized carbons (Fsp3) is 0.429. The summed E-state index contributed by atoms with van der Waals surface area (Å²) in [5, 5.41) is 20.8. The summed E-state index contributed by atoms with van der Waals surface area (Å²) in [5.41, 5.74) is 0.675. The fourth-order valence-electron chi connectivity index (χ4n) is 2.34. The van der Waals surface area contributed by atoms with E-state index in [-0.39, 0.29) is 24.1 Å². The van der Waals surface area contributed by atoms with Crippen LogP contribution in [0.25, 0.3) is 0 Å². The second-order valence-electron chi connectivity index (χ2n) is 5.07. The number of hydrogen-bond donors (Lipinski definition) is 3. The number of hydrogen-bond acceptors (Lipinski definition) is 3. The molecule has 2 rings (SSSR count). The number of aliphatic hydroxyl groups is 1. The van der Waals surface area contributed by atoms with Gasteiger partial charge in [0, 0.05) is 24.2 Å². The molecule has 6 nitrogen and oxygen atoms in total. The van der Waals surface area contributed by atoms with Gasteiger partial charge in [-0.25, -0.2) is 9.59 Å². The maximum absolute atomic E-state index is 12.2. The van der Waals surface area contributed by atoms with E-state index in [1.54, 1.807) is 11.0 Å². The third-order valence-corrected chi connectivity index (χ3v) is 4.18. The minimum atomic E-state index is -1.02. The van der Waals surface area contributed by atoms with Crippen LogP contribution in [-0.2, 0) is 0 Å². The molecule has 1 saturated heterocycles. The maximum atomic E-state index is 12.2. The number of anilines is 1. The molecule has 1 atom stereocenters. The maximum Gasteiger partial charge on any atom is 0.335 e. The van der Waals surface area contributed by atoms with Crippen molar-refractivity contribution in [2.24, 2.45) is 5.92 Å². The van der Waals surface area contributed by atoms with Gasteiger partial charge in [-0.3, -0.25) is 0 Å². The minimum absolute atomic E-state index is 0.0841. The third kappa shape index (κ3) is 3.95. The molecule has 0 saturated carbocycles. The predicted octanol–water partition coefficient (Wildman–Crippen LogP) is 2.38. The zero-order valence-corrected chi connectivity index (χ0v) is 13.0. The van der Waals surface area contributed by atoms with Gasteiger partial charge in [0.05, 0.1) is 11.3 Å². The molecule has 7 heteroatoms. The molecule has 1 aromatic rings. The molecule has 0 radical (unpaired) electrons. The highest BCUT2D eigenvalue weighted by Gasteiger charge is 2.23. The molecule has 1 heterocycles. The van der Waals surface area contributed by atoms with Gasteiger partial charge in [0.1, 0.15) is 0 Å². The number of urea groups is 1. The molecule has 3 N–H and O–H groups in total. The first-order valence-electron chi connectivity index (χ1n) is 6.71. The number of aliphatic hydroxyl groups excluding tert-OH is 1. The van der Waals surface area contributed by atoms with E-state index in [0.717, 1.165) is 12.8 Å². The molecule has 0 bridgehead atoms. The SMILES string of the molecule is O=C(O)c1ccc(NC(=O)N2CCCC(CO)C2)c(Br)c1. The highest BCUT2D eigenvalue weighted by Crippen LogP contribution is 2.25. The van der Waals surface area contributed by atoms with Crippen LogP contribution in [0.4, 0.5) is 10.5 Å². The zero-order valence-electron chi connectivity index (χ0n) is 11.4. The average Bonchev–Trinajstić information content (AvgIpc) is 2.49. The Morgan fingerprint density at radius 1 is 1.43 bits per heavy atom. The third-order valence-electron chi connectivity index (χ3n) is 3.52. The van der Waals surface area contributed by atoms with Crippen LogP contribution in [0, 0.1) is 5.92 Å². The number of halogens is 1. The Morgan fingerprint density at radius 2 is 2.19 bits per heavy atom. The zero-order chi connectivity index (χ0) is 15.4. The van der Waals surface area contributed by atoms with E-state index in [4.69, 9.17) is 5.11 Å². The summed E-state index contributed by atoms with van der Waals surface area (Å²) in [6, 6.07) is 4.20. The number of amides is 2. The fourth-order valence-corrected chi connectivity index (χ4v) is 2.82. The smallest absolute Gasteiger partial charge is 0.335 e. The van der Waals surface area contributed by atoms with Crippen LogP contribution in [0.3, 0.4) is 0 Å². The van der Waals surface area contributed by atoms with Gasteiger partial charge in [-0.15, -0.1) is 0 Å². The van der Waals surface area contributed by atoms with Crippen molar-refractivity contribution in [2.45, 2.75) is 12.8 Å². The second-order valence-corrected chi connectivity index (χ2v) is 5.92. The Bertz CT molecular complexity index is 550. The molecule has 114 valence electrons. The number of nitrogens with zero attached hydrogens (tertiary/aromatic N) is 1. The van der Waals surface area contributed by atoms with Crippen LogP contribution in [0.1, 0.15) is 23.2 Å². The summed E-state index contributed by atoms with van der Waals surface area (Å²) < 4.78 is 0.520. The van der Waals surface area contributed by atoms with Crippen molar-refractivity contribution in [3.05, 3.63) is 28.2 Å². The molecule has 1 aliphatic rings. The predicted molar refractivity (Wildman–Crippen MR) is 81.5 cm³/mol. The Morgan fingerprint density at radius 3 is 2.81 bits per heavy atom. The molecule has 0 aliphatic carbocycles. The van der Waals surface area contributed by atoms with Gasteiger partial charge >= 0.3 is 12.0 Å². The van der Waals surface area contributed by atoms with Crippen molar-refractivity contribution in [3.8, 4) is 0 Å². The number of carbonyl (C=O) groups is 2. The van der Waals surface area contributed by atoms with Gasteiger partial charge in [0.15, 0.2) is 0 Å². The summed E-state index contributed by atoms with van der Waals surface area (Å²) in [4.78, 5) is 24.7. The van der Waals surface area contributed by atoms with E-state index in [2.05, 4.69) is 21.2 Å².